The van der Waals surface area contributed by atoms with Crippen LogP contribution >= 0.6 is 0 Å². The third kappa shape index (κ3) is 1.21. The van der Waals surface area contributed by atoms with Gasteiger partial charge in [0.05, 0.1) is 11.7 Å². The number of rotatable bonds is 2. The molecule has 3 nitrogen and oxygen atoms in total. The molecule has 72 valence electrons. The molecule has 0 atom stereocenters. The number of hydrogen-bond acceptors (Lipinski definition) is 2. The van der Waals surface area contributed by atoms with Gasteiger partial charge in [-0.15, -0.1) is 0 Å². The number of H-pyrrole nitrogens is 1. The summed E-state index contributed by atoms with van der Waals surface area (Å²) in [5.74, 6) is 0.322. The van der Waals surface area contributed by atoms with Crippen LogP contribution in [0, 0.1) is 0 Å². The van der Waals surface area contributed by atoms with Gasteiger partial charge in [0.1, 0.15) is 0 Å². The summed E-state index contributed by atoms with van der Waals surface area (Å²) in [5, 5.41) is 0.957. The number of nitrogens with zero attached hydrogens (tertiary/aromatic N) is 1. The largest absolute Gasteiger partial charge is 0.356 e. The van der Waals surface area contributed by atoms with Crippen molar-refractivity contribution in [1.29, 1.82) is 0 Å². The van der Waals surface area contributed by atoms with Crippen LogP contribution in [0.4, 0.5) is 0 Å². The van der Waals surface area contributed by atoms with Crippen LogP contribution < -0.4 is 0 Å². The SMILES string of the molecule is CC(C)c1[nH]c2cnccc2c1C=O. The summed E-state index contributed by atoms with van der Waals surface area (Å²) in [6.45, 7) is 4.12. The molecule has 0 aromatic carbocycles. The molecule has 2 aromatic rings. The van der Waals surface area contributed by atoms with Crippen LogP contribution in [0.15, 0.2) is 18.5 Å². The van der Waals surface area contributed by atoms with Gasteiger partial charge in [-0.05, 0) is 12.0 Å². The summed E-state index contributed by atoms with van der Waals surface area (Å²) in [6, 6.07) is 1.86. The molecule has 0 aliphatic rings. The molecule has 0 aliphatic heterocycles. The van der Waals surface area contributed by atoms with Crippen molar-refractivity contribution in [3.63, 3.8) is 0 Å². The average Bonchev–Trinajstić information content (AvgIpc) is 2.56. The van der Waals surface area contributed by atoms with Gasteiger partial charge in [-0.3, -0.25) is 9.78 Å². The highest BCUT2D eigenvalue weighted by atomic mass is 16.1. The third-order valence-corrected chi connectivity index (χ3v) is 2.37. The highest BCUT2D eigenvalue weighted by molar-refractivity contribution is 5.98. The van der Waals surface area contributed by atoms with Crippen molar-refractivity contribution in [2.75, 3.05) is 0 Å². The number of carbonyl (C=O) groups is 1. The summed E-state index contributed by atoms with van der Waals surface area (Å²) in [6.07, 6.45) is 4.36. The summed E-state index contributed by atoms with van der Waals surface area (Å²) in [5.41, 5.74) is 2.68. The predicted molar refractivity (Wildman–Crippen MR) is 55.6 cm³/mol. The standard InChI is InChI=1S/C11H12N2O/c1-7(2)11-9(6-14)8-3-4-12-5-10(8)13-11/h3-7,13H,1-2H3. The number of aldehydes is 1. The van der Waals surface area contributed by atoms with Crippen molar-refractivity contribution in [3.8, 4) is 0 Å². The Labute approximate surface area is 82.2 Å². The minimum Gasteiger partial charge on any atom is -0.356 e. The Morgan fingerprint density at radius 2 is 2.29 bits per heavy atom. The molecule has 0 aliphatic carbocycles. The van der Waals surface area contributed by atoms with Gasteiger partial charge in [-0.1, -0.05) is 13.8 Å². The van der Waals surface area contributed by atoms with Crippen LogP contribution in [0.25, 0.3) is 10.9 Å². The lowest BCUT2D eigenvalue weighted by atomic mass is 10.1. The van der Waals surface area contributed by atoms with Crippen molar-refractivity contribution in [2.45, 2.75) is 19.8 Å². The Hall–Kier alpha value is -1.64. The van der Waals surface area contributed by atoms with E-state index in [0.717, 1.165) is 28.4 Å². The van der Waals surface area contributed by atoms with E-state index >= 15 is 0 Å². The van der Waals surface area contributed by atoms with Gasteiger partial charge in [-0.2, -0.15) is 0 Å². The topological polar surface area (TPSA) is 45.8 Å². The zero-order valence-corrected chi connectivity index (χ0v) is 8.24. The van der Waals surface area contributed by atoms with E-state index in [1.165, 1.54) is 0 Å². The van der Waals surface area contributed by atoms with E-state index in [1.54, 1.807) is 12.4 Å². The second kappa shape index (κ2) is 3.25. The molecular weight excluding hydrogens is 176 g/mol. The maximum Gasteiger partial charge on any atom is 0.152 e. The first-order valence-corrected chi connectivity index (χ1v) is 4.64. The summed E-state index contributed by atoms with van der Waals surface area (Å²) in [7, 11) is 0. The summed E-state index contributed by atoms with van der Waals surface area (Å²) in [4.78, 5) is 18.2. The number of hydrogen-bond donors (Lipinski definition) is 1. The molecule has 0 spiro atoms. The van der Waals surface area contributed by atoms with E-state index in [4.69, 9.17) is 0 Å². The third-order valence-electron chi connectivity index (χ3n) is 2.37. The first-order chi connectivity index (χ1) is 6.74. The van der Waals surface area contributed by atoms with Gasteiger partial charge < -0.3 is 4.98 Å². The first-order valence-electron chi connectivity index (χ1n) is 4.64. The van der Waals surface area contributed by atoms with Crippen LogP contribution in [0.5, 0.6) is 0 Å². The van der Waals surface area contributed by atoms with Crippen LogP contribution in [-0.4, -0.2) is 16.3 Å². The highest BCUT2D eigenvalue weighted by Crippen LogP contribution is 2.25. The lowest BCUT2D eigenvalue weighted by molar-refractivity contribution is 0.112. The molecular formula is C11H12N2O. The van der Waals surface area contributed by atoms with E-state index in [9.17, 15) is 4.79 Å². The van der Waals surface area contributed by atoms with E-state index in [-0.39, 0.29) is 0 Å². The van der Waals surface area contributed by atoms with Crippen LogP contribution in [-0.2, 0) is 0 Å². The molecule has 1 N–H and O–H groups in total. The fourth-order valence-corrected chi connectivity index (χ4v) is 1.67. The molecule has 0 amide bonds. The van der Waals surface area contributed by atoms with Gasteiger partial charge >= 0.3 is 0 Å². The van der Waals surface area contributed by atoms with Gasteiger partial charge in [0.2, 0.25) is 0 Å². The Morgan fingerprint density at radius 3 is 2.93 bits per heavy atom. The smallest absolute Gasteiger partial charge is 0.152 e. The van der Waals surface area contributed by atoms with Gasteiger partial charge in [0.15, 0.2) is 6.29 Å². The second-order valence-corrected chi connectivity index (χ2v) is 3.65. The number of pyridine rings is 1. The van der Waals surface area contributed by atoms with Crippen molar-refractivity contribution >= 4 is 17.2 Å². The number of carbonyl (C=O) groups excluding carboxylic acids is 1. The molecule has 2 rings (SSSR count). The molecule has 2 aromatic heterocycles. The zero-order chi connectivity index (χ0) is 10.1. The molecule has 14 heavy (non-hydrogen) atoms. The molecule has 0 fully saturated rings. The Kier molecular flexibility index (Phi) is 2.08. The second-order valence-electron chi connectivity index (χ2n) is 3.65. The molecule has 3 heteroatoms. The van der Waals surface area contributed by atoms with Gasteiger partial charge in [-0.25, -0.2) is 0 Å². The molecule has 0 radical (unpaired) electrons. The summed E-state index contributed by atoms with van der Waals surface area (Å²) < 4.78 is 0. The van der Waals surface area contributed by atoms with Crippen molar-refractivity contribution in [2.24, 2.45) is 0 Å². The monoisotopic (exact) mass is 188 g/mol. The van der Waals surface area contributed by atoms with Crippen LogP contribution in [0.3, 0.4) is 0 Å². The molecule has 0 saturated carbocycles. The Balaban J connectivity index is 2.78. The highest BCUT2D eigenvalue weighted by Gasteiger charge is 2.12. The summed E-state index contributed by atoms with van der Waals surface area (Å²) >= 11 is 0. The van der Waals surface area contributed by atoms with E-state index < -0.39 is 0 Å². The molecule has 0 saturated heterocycles. The molecule has 0 bridgehead atoms. The fourth-order valence-electron chi connectivity index (χ4n) is 1.67. The maximum atomic E-state index is 11.0. The average molecular weight is 188 g/mol. The Morgan fingerprint density at radius 1 is 1.50 bits per heavy atom. The zero-order valence-electron chi connectivity index (χ0n) is 8.24. The first kappa shape index (κ1) is 8.94. The van der Waals surface area contributed by atoms with Gasteiger partial charge in [0.25, 0.3) is 0 Å². The number of aromatic nitrogens is 2. The van der Waals surface area contributed by atoms with Crippen LogP contribution in [0.2, 0.25) is 0 Å². The molecule has 2 heterocycles. The quantitative estimate of drug-likeness (QED) is 0.736. The fraction of sp³-hybridized carbons (Fsp3) is 0.273. The van der Waals surface area contributed by atoms with Crippen molar-refractivity contribution in [3.05, 3.63) is 29.7 Å². The Bertz CT molecular complexity index is 471. The lowest BCUT2D eigenvalue weighted by Gasteiger charge is -2.01. The lowest BCUT2D eigenvalue weighted by Crippen LogP contribution is -1.92. The van der Waals surface area contributed by atoms with E-state index in [0.29, 0.717) is 5.92 Å². The van der Waals surface area contributed by atoms with Gasteiger partial charge in [0, 0.05) is 22.8 Å². The van der Waals surface area contributed by atoms with Crippen molar-refractivity contribution in [1.82, 2.24) is 9.97 Å². The normalized spacial score (nSPS) is 11.1. The number of fused-ring (bicyclic) bond motifs is 1. The number of nitrogens with one attached hydrogen (secondary N) is 1. The number of aromatic amines is 1. The van der Waals surface area contributed by atoms with Crippen LogP contribution in [0.1, 0.15) is 35.8 Å². The van der Waals surface area contributed by atoms with E-state index in [1.807, 2.05) is 6.07 Å². The molecule has 0 unspecified atom stereocenters. The minimum absolute atomic E-state index is 0.322. The minimum atomic E-state index is 0.322. The predicted octanol–water partition coefficient (Wildman–Crippen LogP) is 2.50. The maximum absolute atomic E-state index is 11.0. The van der Waals surface area contributed by atoms with E-state index in [2.05, 4.69) is 23.8 Å². The van der Waals surface area contributed by atoms with Crippen molar-refractivity contribution < 1.29 is 4.79 Å².